The van der Waals surface area contributed by atoms with E-state index in [9.17, 15) is 9.59 Å². The lowest BCUT2D eigenvalue weighted by atomic mass is 10.3. The Bertz CT molecular complexity index is 327. The third kappa shape index (κ3) is 3.15. The number of methoxy groups -OCH3 is 2. The molecule has 2 unspecified atom stereocenters. The van der Waals surface area contributed by atoms with E-state index in [4.69, 9.17) is 14.7 Å². The Morgan fingerprint density at radius 2 is 1.88 bits per heavy atom. The largest absolute Gasteiger partial charge is 0.377 e. The summed E-state index contributed by atoms with van der Waals surface area (Å²) in [6.07, 6.45) is -0.458. The number of hydrogen-bond acceptors (Lipinski definition) is 5. The Labute approximate surface area is 99.3 Å². The van der Waals surface area contributed by atoms with Gasteiger partial charge in [-0.3, -0.25) is 9.59 Å². The molecule has 0 aliphatic carbocycles. The molecule has 0 saturated carbocycles. The molecule has 2 amide bonds. The van der Waals surface area contributed by atoms with Crippen molar-refractivity contribution in [3.63, 3.8) is 0 Å². The summed E-state index contributed by atoms with van der Waals surface area (Å²) in [5, 5.41) is 10.5. The van der Waals surface area contributed by atoms with Gasteiger partial charge in [-0.15, -0.1) is 0 Å². The van der Waals surface area contributed by atoms with Gasteiger partial charge >= 0.3 is 11.8 Å². The van der Waals surface area contributed by atoms with Gasteiger partial charge in [0.1, 0.15) is 18.8 Å². The predicted octanol–water partition coefficient (Wildman–Crippen LogP) is -1.50. The fraction of sp³-hybridized carbons (Fsp3) is 0.700. The highest BCUT2D eigenvalue weighted by atomic mass is 16.5. The highest BCUT2D eigenvalue weighted by Gasteiger charge is 2.37. The molecule has 1 fully saturated rings. The number of nitrogens with zero attached hydrogens (tertiary/aromatic N) is 2. The van der Waals surface area contributed by atoms with Gasteiger partial charge in [0.15, 0.2) is 0 Å². The van der Waals surface area contributed by atoms with Crippen LogP contribution in [0.4, 0.5) is 0 Å². The number of nitrogens with one attached hydrogen (secondary N) is 1. The Morgan fingerprint density at radius 1 is 1.35 bits per heavy atom. The number of likely N-dealkylation sites (tertiary alicyclic amines) is 1. The molecule has 0 spiro atoms. The topological polar surface area (TPSA) is 91.7 Å². The zero-order chi connectivity index (χ0) is 12.8. The van der Waals surface area contributed by atoms with Gasteiger partial charge in [0.05, 0.1) is 19.2 Å². The van der Waals surface area contributed by atoms with Crippen molar-refractivity contribution in [1.29, 1.82) is 5.26 Å². The van der Waals surface area contributed by atoms with Crippen LogP contribution in [0.2, 0.25) is 0 Å². The highest BCUT2D eigenvalue weighted by molar-refractivity contribution is 6.35. The third-order valence-corrected chi connectivity index (χ3v) is 2.63. The van der Waals surface area contributed by atoms with E-state index in [1.165, 1.54) is 19.1 Å². The number of ether oxygens (including phenoxy) is 2. The second-order valence-corrected chi connectivity index (χ2v) is 3.60. The lowest BCUT2D eigenvalue weighted by Crippen LogP contribution is -2.42. The minimum absolute atomic E-state index is 0.181. The smallest absolute Gasteiger partial charge is 0.312 e. The zero-order valence-corrected chi connectivity index (χ0v) is 9.80. The van der Waals surface area contributed by atoms with Crippen molar-refractivity contribution in [1.82, 2.24) is 10.2 Å². The van der Waals surface area contributed by atoms with Crippen LogP contribution in [0.15, 0.2) is 0 Å². The third-order valence-electron chi connectivity index (χ3n) is 2.63. The first-order valence-electron chi connectivity index (χ1n) is 5.13. The molecule has 1 aliphatic rings. The summed E-state index contributed by atoms with van der Waals surface area (Å²) in [5.41, 5.74) is 0. The quantitative estimate of drug-likeness (QED) is 0.479. The maximum Gasteiger partial charge on any atom is 0.312 e. The maximum absolute atomic E-state index is 11.7. The molecule has 1 saturated heterocycles. The Kier molecular flexibility index (Phi) is 4.87. The molecule has 7 nitrogen and oxygen atoms in total. The van der Waals surface area contributed by atoms with Gasteiger partial charge in [-0.05, 0) is 0 Å². The molecule has 1 rings (SSSR count). The van der Waals surface area contributed by atoms with Gasteiger partial charge in [-0.1, -0.05) is 0 Å². The van der Waals surface area contributed by atoms with E-state index >= 15 is 0 Å². The van der Waals surface area contributed by atoms with Crippen LogP contribution >= 0.6 is 0 Å². The molecule has 94 valence electrons. The standard InChI is InChI=1S/C10H15N3O4/c1-16-7-5-13(6-8(7)17-2)10(15)9(14)12-4-3-11/h7-8H,4-6H2,1-2H3,(H,12,14). The fourth-order valence-corrected chi connectivity index (χ4v) is 1.70. The minimum atomic E-state index is -0.779. The van der Waals surface area contributed by atoms with E-state index < -0.39 is 11.8 Å². The molecule has 0 radical (unpaired) electrons. The van der Waals surface area contributed by atoms with Crippen molar-refractivity contribution < 1.29 is 19.1 Å². The average Bonchev–Trinajstić information content (AvgIpc) is 2.77. The summed E-state index contributed by atoms with van der Waals surface area (Å²) in [4.78, 5) is 24.4. The molecule has 1 heterocycles. The van der Waals surface area contributed by atoms with E-state index in [2.05, 4.69) is 5.32 Å². The summed E-state index contributed by atoms with van der Waals surface area (Å²) in [6, 6.07) is 1.73. The molecule has 7 heteroatoms. The van der Waals surface area contributed by atoms with Gasteiger partial charge in [-0.2, -0.15) is 5.26 Å². The number of rotatable bonds is 3. The SMILES string of the molecule is COC1CN(C(=O)C(=O)NCC#N)CC1OC. The van der Waals surface area contributed by atoms with Crippen molar-refractivity contribution >= 4 is 11.8 Å². The number of hydrogen-bond donors (Lipinski definition) is 1. The van der Waals surface area contributed by atoms with Gasteiger partial charge in [0.25, 0.3) is 0 Å². The normalized spacial score (nSPS) is 23.2. The number of carbonyl (C=O) groups is 2. The second-order valence-electron chi connectivity index (χ2n) is 3.60. The van der Waals surface area contributed by atoms with Crippen LogP contribution in [0.5, 0.6) is 0 Å². The molecule has 0 aromatic carbocycles. The molecule has 0 aromatic heterocycles. The van der Waals surface area contributed by atoms with Crippen LogP contribution in [-0.2, 0) is 19.1 Å². The van der Waals surface area contributed by atoms with Crippen molar-refractivity contribution in [3.8, 4) is 6.07 Å². The lowest BCUT2D eigenvalue weighted by molar-refractivity contribution is -0.145. The first kappa shape index (κ1) is 13.4. The van der Waals surface area contributed by atoms with E-state index in [1.54, 1.807) is 6.07 Å². The van der Waals surface area contributed by atoms with Crippen molar-refractivity contribution in [3.05, 3.63) is 0 Å². The van der Waals surface area contributed by atoms with Gasteiger partial charge < -0.3 is 19.7 Å². The zero-order valence-electron chi connectivity index (χ0n) is 9.80. The monoisotopic (exact) mass is 241 g/mol. The fourth-order valence-electron chi connectivity index (χ4n) is 1.70. The minimum Gasteiger partial charge on any atom is -0.377 e. The number of nitriles is 1. The Morgan fingerprint density at radius 3 is 2.29 bits per heavy atom. The van der Waals surface area contributed by atoms with Crippen molar-refractivity contribution in [2.45, 2.75) is 12.2 Å². The summed E-state index contributed by atoms with van der Waals surface area (Å²) in [5.74, 6) is -1.44. The van der Waals surface area contributed by atoms with E-state index in [0.717, 1.165) is 0 Å². The van der Waals surface area contributed by atoms with Gasteiger partial charge in [0, 0.05) is 14.2 Å². The Balaban J connectivity index is 2.55. The molecule has 0 aromatic rings. The first-order valence-corrected chi connectivity index (χ1v) is 5.13. The van der Waals surface area contributed by atoms with Gasteiger partial charge in [0.2, 0.25) is 0 Å². The molecule has 1 aliphatic heterocycles. The average molecular weight is 241 g/mol. The molecular weight excluding hydrogens is 226 g/mol. The summed E-state index contributed by atoms with van der Waals surface area (Å²) in [6.45, 7) is 0.446. The van der Waals surface area contributed by atoms with Crippen molar-refractivity contribution in [2.24, 2.45) is 0 Å². The van der Waals surface area contributed by atoms with Crippen LogP contribution in [-0.4, -0.2) is 62.8 Å². The van der Waals surface area contributed by atoms with E-state index in [1.807, 2.05) is 0 Å². The first-order chi connectivity index (χ1) is 8.13. The Hall–Kier alpha value is -1.65. The van der Waals surface area contributed by atoms with Crippen LogP contribution in [0.3, 0.4) is 0 Å². The molecule has 0 bridgehead atoms. The number of amides is 2. The molecular formula is C10H15N3O4. The molecule has 2 atom stereocenters. The number of carbonyl (C=O) groups excluding carboxylic acids is 2. The van der Waals surface area contributed by atoms with Gasteiger partial charge in [-0.25, -0.2) is 0 Å². The summed E-state index contributed by atoms with van der Waals surface area (Å²) < 4.78 is 10.3. The van der Waals surface area contributed by atoms with Crippen LogP contribution in [0.25, 0.3) is 0 Å². The van der Waals surface area contributed by atoms with Crippen LogP contribution in [0, 0.1) is 11.3 Å². The van der Waals surface area contributed by atoms with Crippen LogP contribution < -0.4 is 5.32 Å². The maximum atomic E-state index is 11.7. The second kappa shape index (κ2) is 6.18. The van der Waals surface area contributed by atoms with E-state index in [-0.39, 0.29) is 18.8 Å². The molecule has 1 N–H and O–H groups in total. The molecule has 17 heavy (non-hydrogen) atoms. The summed E-state index contributed by atoms with van der Waals surface area (Å²) in [7, 11) is 3.06. The lowest BCUT2D eigenvalue weighted by Gasteiger charge is -2.14. The highest BCUT2D eigenvalue weighted by Crippen LogP contribution is 2.15. The summed E-state index contributed by atoms with van der Waals surface area (Å²) >= 11 is 0. The van der Waals surface area contributed by atoms with Crippen molar-refractivity contribution in [2.75, 3.05) is 33.9 Å². The van der Waals surface area contributed by atoms with E-state index in [0.29, 0.717) is 13.1 Å². The van der Waals surface area contributed by atoms with Crippen LogP contribution in [0.1, 0.15) is 0 Å². The predicted molar refractivity (Wildman–Crippen MR) is 56.8 cm³/mol.